The molecule has 0 heterocycles. The minimum absolute atomic E-state index is 0.122. The van der Waals surface area contributed by atoms with Crippen LogP contribution in [0.5, 0.6) is 0 Å². The number of likely N-dealkylation sites (N-methyl/N-ethyl adjacent to an activating group) is 1. The zero-order valence-electron chi connectivity index (χ0n) is 6.55. The topological polar surface area (TPSA) is 67.5 Å². The molecule has 1 unspecified atom stereocenters. The van der Waals surface area contributed by atoms with E-state index < -0.39 is 5.85 Å². The van der Waals surface area contributed by atoms with Crippen molar-refractivity contribution in [3.63, 3.8) is 0 Å². The third kappa shape index (κ3) is 4.69. The first kappa shape index (κ1) is 9.84. The summed E-state index contributed by atoms with van der Waals surface area (Å²) in [6.07, 6.45) is 0. The molecule has 0 saturated heterocycles. The van der Waals surface area contributed by atoms with Gasteiger partial charge in [-0.2, -0.15) is 0 Å². The predicted octanol–water partition coefficient (Wildman–Crippen LogP) is -0.763. The van der Waals surface area contributed by atoms with E-state index in [2.05, 4.69) is 5.32 Å². The fraction of sp³-hybridized carbons (Fsp3) is 1.00. The van der Waals surface area contributed by atoms with Crippen molar-refractivity contribution in [1.82, 2.24) is 5.32 Å². The predicted molar refractivity (Wildman–Crippen MR) is 39.3 cm³/mol. The van der Waals surface area contributed by atoms with Crippen LogP contribution in [0.15, 0.2) is 0 Å². The molecule has 10 heavy (non-hydrogen) atoms. The molecule has 4 N–H and O–H groups in total. The molecular weight excluding hydrogens is 132 g/mol. The monoisotopic (exact) mass is 148 g/mol. The normalized spacial score (nSPS) is 16.8. The average Bonchev–Trinajstić information content (AvgIpc) is 1.84. The van der Waals surface area contributed by atoms with Crippen LogP contribution in [0.4, 0.5) is 0 Å². The van der Waals surface area contributed by atoms with Gasteiger partial charge in [0.25, 0.3) is 0 Å². The van der Waals surface area contributed by atoms with Crippen LogP contribution in [0.1, 0.15) is 13.8 Å². The molecule has 0 aromatic carbocycles. The average molecular weight is 148 g/mol. The molecule has 0 saturated carbocycles. The lowest BCUT2D eigenvalue weighted by Gasteiger charge is -2.22. The van der Waals surface area contributed by atoms with E-state index in [0.29, 0.717) is 13.2 Å². The second kappa shape index (κ2) is 4.62. The van der Waals surface area contributed by atoms with Crippen LogP contribution in [0, 0.1) is 0 Å². The van der Waals surface area contributed by atoms with Gasteiger partial charge >= 0.3 is 0 Å². The Kier molecular flexibility index (Phi) is 4.55. The van der Waals surface area contributed by atoms with Crippen LogP contribution < -0.4 is 11.1 Å². The van der Waals surface area contributed by atoms with Crippen molar-refractivity contribution in [2.45, 2.75) is 19.7 Å². The highest BCUT2D eigenvalue weighted by Crippen LogP contribution is 1.89. The number of aliphatic hydroxyl groups is 1. The van der Waals surface area contributed by atoms with Crippen LogP contribution in [0.2, 0.25) is 0 Å². The summed E-state index contributed by atoms with van der Waals surface area (Å²) in [6.45, 7) is 5.02. The van der Waals surface area contributed by atoms with Gasteiger partial charge in [0, 0.05) is 6.61 Å². The zero-order chi connectivity index (χ0) is 8.04. The SMILES string of the molecule is CCNC(N)(O)COCC. The van der Waals surface area contributed by atoms with Gasteiger partial charge < -0.3 is 9.84 Å². The highest BCUT2D eigenvalue weighted by molar-refractivity contribution is 4.64. The van der Waals surface area contributed by atoms with Crippen molar-refractivity contribution in [2.24, 2.45) is 5.73 Å². The summed E-state index contributed by atoms with van der Waals surface area (Å²) in [5, 5.41) is 11.9. The molecule has 0 aliphatic heterocycles. The standard InChI is InChI=1S/C6H16N2O2/c1-3-8-6(7,9)5-10-4-2/h8-9H,3-5,7H2,1-2H3. The van der Waals surface area contributed by atoms with Gasteiger partial charge in [-0.05, 0) is 13.5 Å². The lowest BCUT2D eigenvalue weighted by atomic mass is 10.4. The molecule has 0 radical (unpaired) electrons. The second-order valence-corrected chi connectivity index (χ2v) is 2.09. The summed E-state index contributed by atoms with van der Waals surface area (Å²) >= 11 is 0. The molecule has 0 aliphatic carbocycles. The summed E-state index contributed by atoms with van der Waals surface area (Å²) in [5.74, 6) is -1.37. The highest BCUT2D eigenvalue weighted by Gasteiger charge is 2.18. The first-order valence-corrected chi connectivity index (χ1v) is 3.46. The molecule has 1 atom stereocenters. The molecule has 0 spiro atoms. The number of nitrogens with one attached hydrogen (secondary N) is 1. The Morgan fingerprint density at radius 3 is 2.60 bits per heavy atom. The third-order valence-electron chi connectivity index (χ3n) is 1.01. The Labute approximate surface area is 61.4 Å². The smallest absolute Gasteiger partial charge is 0.193 e. The Balaban J connectivity index is 3.42. The van der Waals surface area contributed by atoms with Gasteiger partial charge in [0.05, 0.1) is 0 Å². The van der Waals surface area contributed by atoms with Gasteiger partial charge in [0.15, 0.2) is 5.85 Å². The number of rotatable bonds is 5. The van der Waals surface area contributed by atoms with Gasteiger partial charge in [-0.1, -0.05) is 6.92 Å². The summed E-state index contributed by atoms with van der Waals surface area (Å²) in [4.78, 5) is 0. The molecule has 0 aliphatic rings. The van der Waals surface area contributed by atoms with E-state index in [-0.39, 0.29) is 6.61 Å². The molecule has 0 rings (SSSR count). The van der Waals surface area contributed by atoms with Crippen molar-refractivity contribution in [1.29, 1.82) is 0 Å². The molecule has 0 amide bonds. The van der Waals surface area contributed by atoms with E-state index in [9.17, 15) is 5.11 Å². The van der Waals surface area contributed by atoms with Crippen LogP contribution in [0.25, 0.3) is 0 Å². The maximum Gasteiger partial charge on any atom is 0.193 e. The largest absolute Gasteiger partial charge is 0.376 e. The molecule has 0 aromatic rings. The number of hydrogen-bond donors (Lipinski definition) is 3. The van der Waals surface area contributed by atoms with Crippen molar-refractivity contribution in [3.05, 3.63) is 0 Å². The quantitative estimate of drug-likeness (QED) is 0.448. The van der Waals surface area contributed by atoms with Gasteiger partial charge in [0.1, 0.15) is 6.61 Å². The van der Waals surface area contributed by atoms with Crippen molar-refractivity contribution in [3.8, 4) is 0 Å². The molecule has 0 fully saturated rings. The van der Waals surface area contributed by atoms with Crippen LogP contribution in [0.3, 0.4) is 0 Å². The number of ether oxygens (including phenoxy) is 1. The van der Waals surface area contributed by atoms with Crippen LogP contribution in [-0.4, -0.2) is 30.7 Å². The lowest BCUT2D eigenvalue weighted by Crippen LogP contribution is -2.56. The summed E-state index contributed by atoms with van der Waals surface area (Å²) in [6, 6.07) is 0. The van der Waals surface area contributed by atoms with Crippen LogP contribution >= 0.6 is 0 Å². The number of hydrogen-bond acceptors (Lipinski definition) is 4. The minimum atomic E-state index is -1.37. The first-order chi connectivity index (χ1) is 4.62. The molecule has 0 bridgehead atoms. The summed E-state index contributed by atoms with van der Waals surface area (Å²) in [5.41, 5.74) is 5.33. The van der Waals surface area contributed by atoms with Crippen molar-refractivity contribution >= 4 is 0 Å². The first-order valence-electron chi connectivity index (χ1n) is 3.46. The van der Waals surface area contributed by atoms with Gasteiger partial charge in [-0.15, -0.1) is 0 Å². The molecule has 4 heteroatoms. The lowest BCUT2D eigenvalue weighted by molar-refractivity contribution is -0.0616. The fourth-order valence-electron chi connectivity index (χ4n) is 0.615. The van der Waals surface area contributed by atoms with E-state index >= 15 is 0 Å². The molecule has 62 valence electrons. The van der Waals surface area contributed by atoms with Gasteiger partial charge in [0.2, 0.25) is 0 Å². The summed E-state index contributed by atoms with van der Waals surface area (Å²) < 4.78 is 4.91. The fourth-order valence-corrected chi connectivity index (χ4v) is 0.615. The summed E-state index contributed by atoms with van der Waals surface area (Å²) in [7, 11) is 0. The molecular formula is C6H16N2O2. The minimum Gasteiger partial charge on any atom is -0.376 e. The third-order valence-corrected chi connectivity index (χ3v) is 1.01. The second-order valence-electron chi connectivity index (χ2n) is 2.09. The highest BCUT2D eigenvalue weighted by atomic mass is 16.5. The van der Waals surface area contributed by atoms with E-state index in [1.807, 2.05) is 13.8 Å². The van der Waals surface area contributed by atoms with E-state index in [0.717, 1.165) is 0 Å². The Morgan fingerprint density at radius 2 is 2.20 bits per heavy atom. The zero-order valence-corrected chi connectivity index (χ0v) is 6.55. The molecule has 4 nitrogen and oxygen atoms in total. The van der Waals surface area contributed by atoms with E-state index in [4.69, 9.17) is 10.5 Å². The number of nitrogens with two attached hydrogens (primary N) is 1. The Morgan fingerprint density at radius 1 is 1.60 bits per heavy atom. The van der Waals surface area contributed by atoms with Crippen molar-refractivity contribution in [2.75, 3.05) is 19.8 Å². The Hall–Kier alpha value is -0.160. The van der Waals surface area contributed by atoms with Crippen molar-refractivity contribution < 1.29 is 9.84 Å². The maximum absolute atomic E-state index is 9.19. The van der Waals surface area contributed by atoms with Gasteiger partial charge in [-0.3, -0.25) is 11.1 Å². The van der Waals surface area contributed by atoms with Gasteiger partial charge in [-0.25, -0.2) is 0 Å². The van der Waals surface area contributed by atoms with E-state index in [1.165, 1.54) is 0 Å². The molecule has 0 aromatic heterocycles. The maximum atomic E-state index is 9.19. The van der Waals surface area contributed by atoms with E-state index in [1.54, 1.807) is 0 Å². The van der Waals surface area contributed by atoms with Crippen LogP contribution in [-0.2, 0) is 4.74 Å². The Bertz CT molecular complexity index is 85.8.